The van der Waals surface area contributed by atoms with Gasteiger partial charge in [-0.25, -0.2) is 0 Å². The minimum Gasteiger partial charge on any atom is -0.463 e. The van der Waals surface area contributed by atoms with E-state index >= 15 is 0 Å². The number of H-pyrrole nitrogens is 1. The van der Waals surface area contributed by atoms with Crippen LogP contribution in [0.25, 0.3) is 21.8 Å². The van der Waals surface area contributed by atoms with Crippen LogP contribution in [0.3, 0.4) is 0 Å². The molecular weight excluding hydrogens is 330 g/mol. The molecule has 132 valence electrons. The molecule has 1 N–H and O–H groups in total. The Morgan fingerprint density at radius 3 is 2.68 bits per heavy atom. The molecule has 0 saturated heterocycles. The second-order valence-electron chi connectivity index (χ2n) is 6.61. The molecule has 1 aromatic heterocycles. The zero-order chi connectivity index (χ0) is 18.0. The molecule has 0 unspecified atom stereocenters. The van der Waals surface area contributed by atoms with Gasteiger partial charge >= 0.3 is 5.97 Å². The first kappa shape index (κ1) is 17.9. The summed E-state index contributed by atoms with van der Waals surface area (Å²) in [6.45, 7) is 5.96. The van der Waals surface area contributed by atoms with Gasteiger partial charge in [0.2, 0.25) is 0 Å². The summed E-state index contributed by atoms with van der Waals surface area (Å²) in [5.74, 6) is -0.164. The lowest BCUT2D eigenvalue weighted by molar-refractivity contribution is -0.146. The molecule has 0 fully saturated rings. The van der Waals surface area contributed by atoms with Gasteiger partial charge in [-0.1, -0.05) is 37.6 Å². The van der Waals surface area contributed by atoms with Crippen LogP contribution >= 0.6 is 11.8 Å². The number of para-hydroxylation sites is 1. The van der Waals surface area contributed by atoms with Gasteiger partial charge in [0, 0.05) is 21.2 Å². The van der Waals surface area contributed by atoms with Crippen LogP contribution in [-0.2, 0) is 22.4 Å². The number of hydrogen-bond donors (Lipinski definition) is 1. The van der Waals surface area contributed by atoms with Gasteiger partial charge < -0.3 is 9.72 Å². The molecule has 0 amide bonds. The van der Waals surface area contributed by atoms with Crippen molar-refractivity contribution in [2.45, 2.75) is 51.0 Å². The van der Waals surface area contributed by atoms with E-state index in [1.54, 1.807) is 11.8 Å². The molecule has 0 aliphatic rings. The predicted molar refractivity (Wildman–Crippen MR) is 107 cm³/mol. The SMILES string of the molecule is CCCc1cc(CC(=O)OC(C)C)c(SC)c2[nH]c3ccccc3c12. The topological polar surface area (TPSA) is 42.1 Å². The van der Waals surface area contributed by atoms with E-state index in [-0.39, 0.29) is 12.1 Å². The number of thioether (sulfide) groups is 1. The molecule has 3 nitrogen and oxygen atoms in total. The summed E-state index contributed by atoms with van der Waals surface area (Å²) >= 11 is 1.69. The largest absolute Gasteiger partial charge is 0.463 e. The summed E-state index contributed by atoms with van der Waals surface area (Å²) < 4.78 is 5.37. The van der Waals surface area contributed by atoms with Gasteiger partial charge in [-0.15, -0.1) is 11.8 Å². The third-order valence-corrected chi connectivity index (χ3v) is 5.19. The zero-order valence-corrected chi connectivity index (χ0v) is 16.1. The Morgan fingerprint density at radius 2 is 2.00 bits per heavy atom. The molecular formula is C21H25NO2S. The van der Waals surface area contributed by atoms with Crippen molar-refractivity contribution < 1.29 is 9.53 Å². The van der Waals surface area contributed by atoms with Crippen molar-refractivity contribution >= 4 is 39.5 Å². The molecule has 2 aromatic carbocycles. The number of aromatic nitrogens is 1. The molecule has 3 rings (SSSR count). The van der Waals surface area contributed by atoms with E-state index in [2.05, 4.69) is 48.5 Å². The lowest BCUT2D eigenvalue weighted by Gasteiger charge is -2.14. The molecule has 1 heterocycles. The summed E-state index contributed by atoms with van der Waals surface area (Å²) in [7, 11) is 0. The molecule has 4 heteroatoms. The van der Waals surface area contributed by atoms with Crippen LogP contribution in [0.2, 0.25) is 0 Å². The third kappa shape index (κ3) is 3.54. The van der Waals surface area contributed by atoms with Crippen molar-refractivity contribution in [3.8, 4) is 0 Å². The summed E-state index contributed by atoms with van der Waals surface area (Å²) in [6.07, 6.45) is 4.37. The number of ether oxygens (including phenoxy) is 1. The van der Waals surface area contributed by atoms with Crippen molar-refractivity contribution in [1.29, 1.82) is 0 Å². The number of aryl methyl sites for hydroxylation is 1. The lowest BCUT2D eigenvalue weighted by Crippen LogP contribution is -2.14. The van der Waals surface area contributed by atoms with Crippen LogP contribution in [0.4, 0.5) is 0 Å². The van der Waals surface area contributed by atoms with Crippen LogP contribution in [-0.4, -0.2) is 23.3 Å². The maximum absolute atomic E-state index is 12.2. The molecule has 0 aliphatic carbocycles. The molecule has 0 saturated carbocycles. The number of hydrogen-bond acceptors (Lipinski definition) is 3. The van der Waals surface area contributed by atoms with E-state index in [0.29, 0.717) is 6.42 Å². The van der Waals surface area contributed by atoms with Gasteiger partial charge in [-0.3, -0.25) is 4.79 Å². The second-order valence-corrected chi connectivity index (χ2v) is 7.43. The van der Waals surface area contributed by atoms with E-state index in [9.17, 15) is 4.79 Å². The summed E-state index contributed by atoms with van der Waals surface area (Å²) in [4.78, 5) is 16.9. The maximum Gasteiger partial charge on any atom is 0.310 e. The van der Waals surface area contributed by atoms with Gasteiger partial charge in [0.1, 0.15) is 0 Å². The molecule has 0 atom stereocenters. The minimum atomic E-state index is -0.164. The number of esters is 1. The van der Waals surface area contributed by atoms with E-state index in [1.807, 2.05) is 13.8 Å². The van der Waals surface area contributed by atoms with Gasteiger partial charge in [0.15, 0.2) is 0 Å². The van der Waals surface area contributed by atoms with Crippen LogP contribution in [0.15, 0.2) is 35.2 Å². The molecule has 0 radical (unpaired) electrons. The average Bonchev–Trinajstić information content (AvgIpc) is 2.94. The summed E-state index contributed by atoms with van der Waals surface area (Å²) in [6, 6.07) is 10.6. The Kier molecular flexibility index (Phi) is 5.38. The van der Waals surface area contributed by atoms with Crippen LogP contribution < -0.4 is 0 Å². The highest BCUT2D eigenvalue weighted by molar-refractivity contribution is 7.98. The number of carbonyl (C=O) groups is 1. The molecule has 25 heavy (non-hydrogen) atoms. The van der Waals surface area contributed by atoms with Crippen molar-refractivity contribution in [3.63, 3.8) is 0 Å². The quantitative estimate of drug-likeness (QED) is 0.469. The van der Waals surface area contributed by atoms with Crippen molar-refractivity contribution in [2.24, 2.45) is 0 Å². The Morgan fingerprint density at radius 1 is 1.24 bits per heavy atom. The molecule has 0 aliphatic heterocycles. The fraction of sp³-hybridized carbons (Fsp3) is 0.381. The van der Waals surface area contributed by atoms with Crippen molar-refractivity contribution in [1.82, 2.24) is 4.98 Å². The number of rotatable bonds is 6. The van der Waals surface area contributed by atoms with Crippen LogP contribution in [0, 0.1) is 0 Å². The molecule has 0 spiro atoms. The third-order valence-electron chi connectivity index (χ3n) is 4.32. The monoisotopic (exact) mass is 355 g/mol. The van der Waals surface area contributed by atoms with Gasteiger partial charge in [0.25, 0.3) is 0 Å². The number of benzene rings is 2. The first-order chi connectivity index (χ1) is 12.0. The van der Waals surface area contributed by atoms with Crippen LogP contribution in [0.1, 0.15) is 38.3 Å². The fourth-order valence-corrected chi connectivity index (χ4v) is 4.20. The van der Waals surface area contributed by atoms with Gasteiger partial charge in [-0.05, 0) is 43.7 Å². The van der Waals surface area contributed by atoms with Gasteiger partial charge in [-0.2, -0.15) is 0 Å². The Balaban J connectivity index is 2.20. The molecule has 3 aromatic rings. The lowest BCUT2D eigenvalue weighted by atomic mass is 9.98. The fourth-order valence-electron chi connectivity index (χ4n) is 3.45. The average molecular weight is 356 g/mol. The maximum atomic E-state index is 12.2. The van der Waals surface area contributed by atoms with Crippen molar-refractivity contribution in [2.75, 3.05) is 6.26 Å². The Hall–Kier alpha value is -1.94. The standard InChI is InChI=1S/C21H25NO2S/c1-5-8-14-11-15(12-18(23)24-13(2)3)21(25-4)20-19(14)16-9-6-7-10-17(16)22-20/h6-7,9-11,13,22H,5,8,12H2,1-4H3. The zero-order valence-electron chi connectivity index (χ0n) is 15.3. The normalized spacial score (nSPS) is 11.6. The first-order valence-electron chi connectivity index (χ1n) is 8.83. The Labute approximate surface area is 153 Å². The van der Waals surface area contributed by atoms with E-state index in [1.165, 1.54) is 16.3 Å². The highest BCUT2D eigenvalue weighted by Gasteiger charge is 2.18. The summed E-state index contributed by atoms with van der Waals surface area (Å²) in [5.41, 5.74) is 4.65. The van der Waals surface area contributed by atoms with E-state index in [0.717, 1.165) is 34.3 Å². The van der Waals surface area contributed by atoms with Crippen molar-refractivity contribution in [3.05, 3.63) is 41.5 Å². The first-order valence-corrected chi connectivity index (χ1v) is 10.1. The van der Waals surface area contributed by atoms with E-state index < -0.39 is 0 Å². The van der Waals surface area contributed by atoms with E-state index in [4.69, 9.17) is 4.74 Å². The molecule has 0 bridgehead atoms. The smallest absolute Gasteiger partial charge is 0.310 e. The van der Waals surface area contributed by atoms with Gasteiger partial charge in [0.05, 0.1) is 18.0 Å². The number of nitrogens with one attached hydrogen (secondary N) is 1. The number of aromatic amines is 1. The highest BCUT2D eigenvalue weighted by Crippen LogP contribution is 2.37. The Bertz CT molecular complexity index is 911. The van der Waals surface area contributed by atoms with Crippen LogP contribution in [0.5, 0.6) is 0 Å². The second kappa shape index (κ2) is 7.52. The summed E-state index contributed by atoms with van der Waals surface area (Å²) in [5, 5.41) is 2.55. The number of carbonyl (C=O) groups excluding carboxylic acids is 1. The highest BCUT2D eigenvalue weighted by atomic mass is 32.2. The minimum absolute atomic E-state index is 0.0860. The number of fused-ring (bicyclic) bond motifs is 3. The predicted octanol–water partition coefficient (Wildman–Crippen LogP) is 5.49.